The van der Waals surface area contributed by atoms with Crippen LogP contribution in [0.5, 0.6) is 5.75 Å². The normalized spacial score (nSPS) is 13.6. The first kappa shape index (κ1) is 20.6. The predicted octanol–water partition coefficient (Wildman–Crippen LogP) is 4.43. The molecule has 1 fully saturated rings. The molecule has 3 aromatic rings. The minimum atomic E-state index is -0.451. The van der Waals surface area contributed by atoms with E-state index in [0.717, 1.165) is 29.8 Å². The standard InChI is InChI=1S/C23H25N5O3/c1-30-20-13-17(7-8-18(20)22(29)31-2)25-21-14-19(15-9-11-24-12-10-15)27-23(28-21)26-16-5-3-4-6-16/h7-14,16H,3-6H2,1-2H3,(H2,25,26,27,28). The second kappa shape index (κ2) is 9.42. The summed E-state index contributed by atoms with van der Waals surface area (Å²) in [5, 5.41) is 6.77. The van der Waals surface area contributed by atoms with Gasteiger partial charge >= 0.3 is 5.97 Å². The van der Waals surface area contributed by atoms with Gasteiger partial charge in [-0.05, 0) is 37.1 Å². The molecule has 1 aliphatic carbocycles. The predicted molar refractivity (Wildman–Crippen MR) is 119 cm³/mol. The van der Waals surface area contributed by atoms with E-state index in [-0.39, 0.29) is 0 Å². The molecule has 2 aromatic heterocycles. The first-order chi connectivity index (χ1) is 15.2. The summed E-state index contributed by atoms with van der Waals surface area (Å²) in [5.74, 6) is 1.19. The maximum absolute atomic E-state index is 11.9. The molecule has 1 aromatic carbocycles. The monoisotopic (exact) mass is 419 g/mol. The molecule has 31 heavy (non-hydrogen) atoms. The maximum atomic E-state index is 11.9. The molecule has 0 radical (unpaired) electrons. The summed E-state index contributed by atoms with van der Waals surface area (Å²) in [4.78, 5) is 25.4. The minimum absolute atomic E-state index is 0.360. The number of carbonyl (C=O) groups is 1. The number of methoxy groups -OCH3 is 2. The molecule has 0 aliphatic heterocycles. The van der Waals surface area contributed by atoms with E-state index < -0.39 is 5.97 Å². The number of rotatable bonds is 7. The summed E-state index contributed by atoms with van der Waals surface area (Å²) in [7, 11) is 2.86. The fourth-order valence-corrected chi connectivity index (χ4v) is 3.69. The van der Waals surface area contributed by atoms with Crippen molar-refractivity contribution in [2.75, 3.05) is 24.9 Å². The maximum Gasteiger partial charge on any atom is 0.341 e. The first-order valence-electron chi connectivity index (χ1n) is 10.3. The molecular formula is C23H25N5O3. The van der Waals surface area contributed by atoms with Crippen molar-refractivity contribution in [3.63, 3.8) is 0 Å². The third-order valence-electron chi connectivity index (χ3n) is 5.27. The number of esters is 1. The van der Waals surface area contributed by atoms with Crippen molar-refractivity contribution in [2.24, 2.45) is 0 Å². The van der Waals surface area contributed by atoms with E-state index in [2.05, 4.69) is 20.6 Å². The average Bonchev–Trinajstić information content (AvgIpc) is 3.32. The SMILES string of the molecule is COC(=O)c1ccc(Nc2cc(-c3ccncc3)nc(NC3CCCC3)n2)cc1OC. The molecule has 0 atom stereocenters. The lowest BCUT2D eigenvalue weighted by Gasteiger charge is -2.15. The lowest BCUT2D eigenvalue weighted by atomic mass is 10.1. The van der Waals surface area contributed by atoms with Crippen molar-refractivity contribution >= 4 is 23.4 Å². The van der Waals surface area contributed by atoms with Crippen molar-refractivity contribution in [2.45, 2.75) is 31.7 Å². The van der Waals surface area contributed by atoms with Crippen LogP contribution in [0.1, 0.15) is 36.0 Å². The van der Waals surface area contributed by atoms with Crippen LogP contribution in [0.25, 0.3) is 11.3 Å². The summed E-state index contributed by atoms with van der Waals surface area (Å²) >= 11 is 0. The number of carbonyl (C=O) groups excluding carboxylic acids is 1. The molecule has 1 saturated carbocycles. The fraction of sp³-hybridized carbons (Fsp3) is 0.304. The minimum Gasteiger partial charge on any atom is -0.496 e. The summed E-state index contributed by atoms with van der Waals surface area (Å²) in [6.45, 7) is 0. The van der Waals surface area contributed by atoms with Gasteiger partial charge in [0.25, 0.3) is 0 Å². The third kappa shape index (κ3) is 4.91. The van der Waals surface area contributed by atoms with E-state index in [4.69, 9.17) is 14.5 Å². The summed E-state index contributed by atoms with van der Waals surface area (Å²) in [6, 6.07) is 11.3. The lowest BCUT2D eigenvalue weighted by Crippen LogP contribution is -2.17. The smallest absolute Gasteiger partial charge is 0.341 e. The molecule has 2 N–H and O–H groups in total. The van der Waals surface area contributed by atoms with Crippen LogP contribution >= 0.6 is 0 Å². The quantitative estimate of drug-likeness (QED) is 0.543. The fourth-order valence-electron chi connectivity index (χ4n) is 3.69. The van der Waals surface area contributed by atoms with Gasteiger partial charge in [0.05, 0.1) is 19.9 Å². The molecule has 8 nitrogen and oxygen atoms in total. The summed E-state index contributed by atoms with van der Waals surface area (Å²) < 4.78 is 10.2. The van der Waals surface area contributed by atoms with Gasteiger partial charge in [-0.1, -0.05) is 12.8 Å². The molecule has 0 bridgehead atoms. The van der Waals surface area contributed by atoms with Gasteiger partial charge in [-0.2, -0.15) is 4.98 Å². The third-order valence-corrected chi connectivity index (χ3v) is 5.27. The molecule has 0 amide bonds. The van der Waals surface area contributed by atoms with E-state index in [1.54, 1.807) is 30.6 Å². The number of benzene rings is 1. The highest BCUT2D eigenvalue weighted by Gasteiger charge is 2.17. The zero-order valence-electron chi connectivity index (χ0n) is 17.6. The van der Waals surface area contributed by atoms with Crippen molar-refractivity contribution in [3.05, 3.63) is 54.4 Å². The van der Waals surface area contributed by atoms with Gasteiger partial charge in [-0.3, -0.25) is 4.98 Å². The largest absolute Gasteiger partial charge is 0.496 e. The Morgan fingerprint density at radius 1 is 1.03 bits per heavy atom. The van der Waals surface area contributed by atoms with E-state index >= 15 is 0 Å². The van der Waals surface area contributed by atoms with Crippen molar-refractivity contribution in [3.8, 4) is 17.0 Å². The molecule has 160 valence electrons. The Bertz CT molecular complexity index is 1050. The number of nitrogens with zero attached hydrogens (tertiary/aromatic N) is 3. The van der Waals surface area contributed by atoms with Crippen LogP contribution in [-0.4, -0.2) is 41.2 Å². The number of nitrogens with one attached hydrogen (secondary N) is 2. The van der Waals surface area contributed by atoms with Crippen molar-refractivity contribution < 1.29 is 14.3 Å². The van der Waals surface area contributed by atoms with Crippen LogP contribution in [-0.2, 0) is 4.74 Å². The molecule has 8 heteroatoms. The van der Waals surface area contributed by atoms with Gasteiger partial charge in [0.1, 0.15) is 17.1 Å². The molecule has 4 rings (SSSR count). The van der Waals surface area contributed by atoms with Crippen LogP contribution in [0.4, 0.5) is 17.5 Å². The van der Waals surface area contributed by atoms with Gasteiger partial charge in [-0.15, -0.1) is 0 Å². The van der Waals surface area contributed by atoms with Crippen LogP contribution in [0.15, 0.2) is 48.8 Å². The lowest BCUT2D eigenvalue weighted by molar-refractivity contribution is 0.0597. The van der Waals surface area contributed by atoms with Crippen molar-refractivity contribution in [1.82, 2.24) is 15.0 Å². The van der Waals surface area contributed by atoms with Crippen LogP contribution in [0.2, 0.25) is 0 Å². The molecule has 0 saturated heterocycles. The first-order valence-corrected chi connectivity index (χ1v) is 10.3. The van der Waals surface area contributed by atoms with Crippen LogP contribution < -0.4 is 15.4 Å². The Kier molecular flexibility index (Phi) is 6.26. The van der Waals surface area contributed by atoms with Crippen LogP contribution in [0, 0.1) is 0 Å². The summed E-state index contributed by atoms with van der Waals surface area (Å²) in [6.07, 6.45) is 8.17. The summed E-state index contributed by atoms with van der Waals surface area (Å²) in [5.41, 5.74) is 2.84. The van der Waals surface area contributed by atoms with Gasteiger partial charge < -0.3 is 20.1 Å². The Morgan fingerprint density at radius 3 is 2.52 bits per heavy atom. The van der Waals surface area contributed by atoms with E-state index in [0.29, 0.717) is 29.1 Å². The Balaban J connectivity index is 1.66. The van der Waals surface area contributed by atoms with Gasteiger partial charge in [0, 0.05) is 41.8 Å². The van der Waals surface area contributed by atoms with Gasteiger partial charge in [0.15, 0.2) is 0 Å². The zero-order chi connectivity index (χ0) is 21.6. The number of hydrogen-bond acceptors (Lipinski definition) is 8. The zero-order valence-corrected chi connectivity index (χ0v) is 17.6. The van der Waals surface area contributed by atoms with E-state index in [1.165, 1.54) is 27.1 Å². The number of aromatic nitrogens is 3. The topological polar surface area (TPSA) is 98.3 Å². The highest BCUT2D eigenvalue weighted by molar-refractivity contribution is 5.93. The molecule has 0 unspecified atom stereocenters. The van der Waals surface area contributed by atoms with E-state index in [1.807, 2.05) is 18.2 Å². The van der Waals surface area contributed by atoms with Crippen molar-refractivity contribution in [1.29, 1.82) is 0 Å². The van der Waals surface area contributed by atoms with E-state index in [9.17, 15) is 4.79 Å². The number of pyridine rings is 1. The Labute approximate surface area is 181 Å². The second-order valence-electron chi connectivity index (χ2n) is 7.36. The molecular weight excluding hydrogens is 394 g/mol. The number of hydrogen-bond donors (Lipinski definition) is 2. The molecule has 1 aliphatic rings. The highest BCUT2D eigenvalue weighted by Crippen LogP contribution is 2.29. The average molecular weight is 419 g/mol. The van der Waals surface area contributed by atoms with Gasteiger partial charge in [0.2, 0.25) is 5.95 Å². The second-order valence-corrected chi connectivity index (χ2v) is 7.36. The highest BCUT2D eigenvalue weighted by atomic mass is 16.5. The Hall–Kier alpha value is -3.68. The Morgan fingerprint density at radius 2 is 1.81 bits per heavy atom. The molecule has 2 heterocycles. The molecule has 0 spiro atoms. The van der Waals surface area contributed by atoms with Crippen LogP contribution in [0.3, 0.4) is 0 Å². The number of anilines is 3. The van der Waals surface area contributed by atoms with Gasteiger partial charge in [-0.25, -0.2) is 9.78 Å². The number of ether oxygens (including phenoxy) is 2.